The van der Waals surface area contributed by atoms with Gasteiger partial charge >= 0.3 is 0 Å². The number of nitrogens with one attached hydrogen (secondary N) is 1. The Kier molecular flexibility index (Phi) is 6.65. The van der Waals surface area contributed by atoms with Crippen LogP contribution in [0.1, 0.15) is 49.5 Å². The lowest BCUT2D eigenvalue weighted by Gasteiger charge is -2.33. The molecule has 2 aromatic rings. The van der Waals surface area contributed by atoms with Crippen molar-refractivity contribution in [3.8, 4) is 0 Å². The molecule has 1 fully saturated rings. The molecule has 148 valence electrons. The normalized spacial score (nSPS) is 16.7. The summed E-state index contributed by atoms with van der Waals surface area (Å²) in [5, 5.41) is 4.33. The zero-order valence-electron chi connectivity index (χ0n) is 16.6. The molecule has 1 aliphatic rings. The average Bonchev–Trinajstić information content (AvgIpc) is 2.99. The van der Waals surface area contributed by atoms with Crippen LogP contribution in [0.15, 0.2) is 6.33 Å². The van der Waals surface area contributed by atoms with Crippen LogP contribution in [-0.2, 0) is 4.79 Å². The SMILES string of the molecule is CCCCC(CN)NC(=O)C1CCN(c2ncnc3sc(C)c(C)c23)CC1. The van der Waals surface area contributed by atoms with Crippen LogP contribution in [0.25, 0.3) is 10.2 Å². The summed E-state index contributed by atoms with van der Waals surface area (Å²) in [4.78, 5) is 26.3. The molecule has 0 aromatic carbocycles. The highest BCUT2D eigenvalue weighted by atomic mass is 32.1. The Morgan fingerprint density at radius 2 is 2.11 bits per heavy atom. The molecule has 27 heavy (non-hydrogen) atoms. The minimum Gasteiger partial charge on any atom is -0.356 e. The first-order valence-corrected chi connectivity index (χ1v) is 10.8. The van der Waals surface area contributed by atoms with Gasteiger partial charge in [0.05, 0.1) is 5.39 Å². The lowest BCUT2D eigenvalue weighted by Crippen LogP contribution is -2.46. The number of unbranched alkanes of at least 4 members (excludes halogenated alkanes) is 1. The van der Waals surface area contributed by atoms with Crippen LogP contribution in [0.2, 0.25) is 0 Å². The van der Waals surface area contributed by atoms with E-state index in [0.29, 0.717) is 6.54 Å². The molecule has 0 radical (unpaired) electrons. The van der Waals surface area contributed by atoms with Crippen LogP contribution in [0.5, 0.6) is 0 Å². The molecule has 1 amide bonds. The van der Waals surface area contributed by atoms with Crippen LogP contribution in [0, 0.1) is 19.8 Å². The molecule has 1 saturated heterocycles. The molecule has 3 rings (SSSR count). The zero-order valence-corrected chi connectivity index (χ0v) is 17.4. The number of hydrogen-bond donors (Lipinski definition) is 2. The first-order chi connectivity index (χ1) is 13.0. The highest BCUT2D eigenvalue weighted by Gasteiger charge is 2.28. The summed E-state index contributed by atoms with van der Waals surface area (Å²) >= 11 is 1.72. The largest absolute Gasteiger partial charge is 0.356 e. The monoisotopic (exact) mass is 389 g/mol. The summed E-state index contributed by atoms with van der Waals surface area (Å²) < 4.78 is 0. The van der Waals surface area contributed by atoms with Gasteiger partial charge in [0, 0.05) is 36.5 Å². The molecule has 1 aliphatic heterocycles. The fraction of sp³-hybridized carbons (Fsp3) is 0.650. The molecule has 1 atom stereocenters. The standard InChI is InChI=1S/C20H31N5OS/c1-4-5-6-16(11-21)24-19(26)15-7-9-25(10-8-15)18-17-13(2)14(3)27-20(17)23-12-22-18/h12,15-16H,4-11,21H2,1-3H3,(H,24,26). The summed E-state index contributed by atoms with van der Waals surface area (Å²) in [6.45, 7) is 8.65. The van der Waals surface area contributed by atoms with Gasteiger partial charge in [-0.3, -0.25) is 4.79 Å². The van der Waals surface area contributed by atoms with E-state index in [1.165, 1.54) is 15.8 Å². The van der Waals surface area contributed by atoms with Gasteiger partial charge < -0.3 is 16.0 Å². The number of anilines is 1. The fourth-order valence-corrected chi connectivity index (χ4v) is 4.77. The van der Waals surface area contributed by atoms with Crippen molar-refractivity contribution in [2.45, 2.75) is 58.9 Å². The highest BCUT2D eigenvalue weighted by Crippen LogP contribution is 2.35. The molecular weight excluding hydrogens is 358 g/mol. The second-order valence-electron chi connectivity index (χ2n) is 7.51. The van der Waals surface area contributed by atoms with E-state index in [-0.39, 0.29) is 17.9 Å². The lowest BCUT2D eigenvalue weighted by molar-refractivity contribution is -0.126. The maximum atomic E-state index is 12.6. The molecule has 6 nitrogen and oxygen atoms in total. The van der Waals surface area contributed by atoms with Gasteiger partial charge in [0.25, 0.3) is 0 Å². The number of aryl methyl sites for hydroxylation is 2. The number of thiophene rings is 1. The Labute approximate surface area is 165 Å². The number of aromatic nitrogens is 2. The Morgan fingerprint density at radius 1 is 1.37 bits per heavy atom. The predicted molar refractivity (Wildman–Crippen MR) is 112 cm³/mol. The first-order valence-electron chi connectivity index (χ1n) is 10.0. The van der Waals surface area contributed by atoms with E-state index in [1.807, 2.05) is 0 Å². The predicted octanol–water partition coefficient (Wildman–Crippen LogP) is 3.16. The summed E-state index contributed by atoms with van der Waals surface area (Å²) in [5.74, 6) is 1.25. The zero-order chi connectivity index (χ0) is 19.4. The highest BCUT2D eigenvalue weighted by molar-refractivity contribution is 7.18. The Morgan fingerprint density at radius 3 is 2.78 bits per heavy atom. The summed E-state index contributed by atoms with van der Waals surface area (Å²) in [5.41, 5.74) is 7.09. The number of fused-ring (bicyclic) bond motifs is 1. The second kappa shape index (κ2) is 8.97. The van der Waals surface area contributed by atoms with Crippen LogP contribution in [0.4, 0.5) is 5.82 Å². The maximum Gasteiger partial charge on any atom is 0.223 e. The number of rotatable bonds is 7. The van der Waals surface area contributed by atoms with Gasteiger partial charge in [-0.25, -0.2) is 9.97 Å². The third-order valence-corrected chi connectivity index (χ3v) is 6.76. The van der Waals surface area contributed by atoms with Crippen LogP contribution >= 0.6 is 11.3 Å². The number of carbonyl (C=O) groups is 1. The molecule has 0 aliphatic carbocycles. The fourth-order valence-electron chi connectivity index (χ4n) is 3.78. The molecule has 0 bridgehead atoms. The number of carbonyl (C=O) groups excluding carboxylic acids is 1. The maximum absolute atomic E-state index is 12.6. The quantitative estimate of drug-likeness (QED) is 0.760. The van der Waals surface area contributed by atoms with E-state index in [0.717, 1.165) is 55.8 Å². The molecule has 0 saturated carbocycles. The van der Waals surface area contributed by atoms with Crippen LogP contribution in [0.3, 0.4) is 0 Å². The van der Waals surface area contributed by atoms with Crippen molar-refractivity contribution in [2.24, 2.45) is 11.7 Å². The number of hydrogen-bond acceptors (Lipinski definition) is 6. The molecule has 2 aromatic heterocycles. The minimum absolute atomic E-state index is 0.0690. The van der Waals surface area contributed by atoms with Gasteiger partial charge in [-0.15, -0.1) is 11.3 Å². The van der Waals surface area contributed by atoms with Gasteiger partial charge in [0.15, 0.2) is 0 Å². The van der Waals surface area contributed by atoms with Crippen molar-refractivity contribution in [1.82, 2.24) is 15.3 Å². The van der Waals surface area contributed by atoms with Crippen molar-refractivity contribution in [2.75, 3.05) is 24.5 Å². The van der Waals surface area contributed by atoms with Crippen LogP contribution < -0.4 is 16.0 Å². The van der Waals surface area contributed by atoms with E-state index in [9.17, 15) is 4.79 Å². The molecule has 0 spiro atoms. The topological polar surface area (TPSA) is 84.1 Å². The van der Waals surface area contributed by atoms with Gasteiger partial charge in [-0.05, 0) is 38.7 Å². The average molecular weight is 390 g/mol. The van der Waals surface area contributed by atoms with Crippen molar-refractivity contribution >= 4 is 33.3 Å². The second-order valence-corrected chi connectivity index (χ2v) is 8.71. The molecule has 1 unspecified atom stereocenters. The van der Waals surface area contributed by atoms with Gasteiger partial charge in [0.1, 0.15) is 17.0 Å². The van der Waals surface area contributed by atoms with Crippen molar-refractivity contribution in [1.29, 1.82) is 0 Å². The van der Waals surface area contributed by atoms with Gasteiger partial charge in [0.2, 0.25) is 5.91 Å². The number of nitrogens with two attached hydrogens (primary N) is 1. The van der Waals surface area contributed by atoms with Gasteiger partial charge in [-0.2, -0.15) is 0 Å². The Bertz CT molecular complexity index is 782. The first kappa shape index (κ1) is 20.0. The van der Waals surface area contributed by atoms with E-state index < -0.39 is 0 Å². The summed E-state index contributed by atoms with van der Waals surface area (Å²) in [6.07, 6.45) is 6.55. The van der Waals surface area contributed by atoms with Gasteiger partial charge in [-0.1, -0.05) is 19.8 Å². The third kappa shape index (κ3) is 4.41. The number of nitrogens with zero attached hydrogens (tertiary/aromatic N) is 3. The summed E-state index contributed by atoms with van der Waals surface area (Å²) in [6, 6.07) is 0.105. The Hall–Kier alpha value is -1.73. The van der Waals surface area contributed by atoms with Crippen molar-refractivity contribution in [3.05, 3.63) is 16.8 Å². The summed E-state index contributed by atoms with van der Waals surface area (Å²) in [7, 11) is 0. The van der Waals surface area contributed by atoms with Crippen molar-refractivity contribution in [3.63, 3.8) is 0 Å². The van der Waals surface area contributed by atoms with E-state index in [2.05, 4.69) is 41.0 Å². The smallest absolute Gasteiger partial charge is 0.223 e. The van der Waals surface area contributed by atoms with E-state index >= 15 is 0 Å². The molecule has 7 heteroatoms. The van der Waals surface area contributed by atoms with E-state index in [1.54, 1.807) is 17.7 Å². The molecular formula is C20H31N5OS. The van der Waals surface area contributed by atoms with Crippen LogP contribution in [-0.4, -0.2) is 41.6 Å². The molecule has 3 N–H and O–H groups in total. The third-order valence-electron chi connectivity index (χ3n) is 5.65. The lowest BCUT2D eigenvalue weighted by atomic mass is 9.95. The number of amides is 1. The molecule has 3 heterocycles. The minimum atomic E-state index is 0.0690. The van der Waals surface area contributed by atoms with E-state index in [4.69, 9.17) is 5.73 Å². The number of piperidine rings is 1. The van der Waals surface area contributed by atoms with Crippen molar-refractivity contribution < 1.29 is 4.79 Å². The Balaban J connectivity index is 1.63.